The van der Waals surface area contributed by atoms with Gasteiger partial charge in [0.05, 0.1) is 17.3 Å². The lowest BCUT2D eigenvalue weighted by Crippen LogP contribution is -2.32. The summed E-state index contributed by atoms with van der Waals surface area (Å²) in [5.74, 6) is -3.68. The second-order valence-corrected chi connectivity index (χ2v) is 5.12. The van der Waals surface area contributed by atoms with Gasteiger partial charge in [-0.3, -0.25) is 9.59 Å². The molecule has 0 saturated carbocycles. The van der Waals surface area contributed by atoms with Gasteiger partial charge in [-0.1, -0.05) is 24.3 Å². The zero-order valence-corrected chi connectivity index (χ0v) is 13.4. The molecule has 27 heavy (non-hydrogen) atoms. The van der Waals surface area contributed by atoms with Gasteiger partial charge in [0.15, 0.2) is 0 Å². The predicted molar refractivity (Wildman–Crippen MR) is 89.2 cm³/mol. The Morgan fingerprint density at radius 2 is 1.70 bits per heavy atom. The molecule has 7 nitrogen and oxygen atoms in total. The summed E-state index contributed by atoms with van der Waals surface area (Å²) in [5, 5.41) is 14.5. The quantitative estimate of drug-likeness (QED) is 0.431. The number of aromatic carboxylic acids is 1. The number of carboxylic acid groups (broad SMARTS) is 1. The fraction of sp³-hybridized carbons (Fsp3) is 0.0588. The summed E-state index contributed by atoms with van der Waals surface area (Å²) in [7, 11) is 0. The first-order valence-corrected chi connectivity index (χ1v) is 7.32. The number of alkyl halides is 3. The van der Waals surface area contributed by atoms with E-state index in [9.17, 15) is 27.6 Å². The van der Waals surface area contributed by atoms with Crippen LogP contribution in [0.2, 0.25) is 0 Å². The van der Waals surface area contributed by atoms with E-state index in [0.717, 1.165) is 18.3 Å². The summed E-state index contributed by atoms with van der Waals surface area (Å²) in [6, 6.07) is 9.58. The van der Waals surface area contributed by atoms with Crippen LogP contribution >= 0.6 is 0 Å². The first kappa shape index (κ1) is 19.6. The Morgan fingerprint density at radius 1 is 1.00 bits per heavy atom. The number of hydrogen-bond donors (Lipinski definition) is 3. The van der Waals surface area contributed by atoms with Crippen molar-refractivity contribution < 1.29 is 32.7 Å². The smallest absolute Gasteiger partial charge is 0.416 e. The third-order valence-corrected chi connectivity index (χ3v) is 3.21. The summed E-state index contributed by atoms with van der Waals surface area (Å²) in [4.78, 5) is 34.4. The number of rotatable bonds is 4. The molecule has 140 valence electrons. The Kier molecular flexibility index (Phi) is 5.91. The van der Waals surface area contributed by atoms with E-state index < -0.39 is 29.5 Å². The van der Waals surface area contributed by atoms with Crippen LogP contribution in [0.25, 0.3) is 0 Å². The molecule has 0 aliphatic carbocycles. The van der Waals surface area contributed by atoms with Gasteiger partial charge in [-0.2, -0.15) is 18.3 Å². The Morgan fingerprint density at radius 3 is 2.37 bits per heavy atom. The molecule has 2 rings (SSSR count). The van der Waals surface area contributed by atoms with Gasteiger partial charge in [0.1, 0.15) is 0 Å². The van der Waals surface area contributed by atoms with Crippen LogP contribution in [0.3, 0.4) is 0 Å². The molecule has 0 radical (unpaired) electrons. The van der Waals surface area contributed by atoms with E-state index in [-0.39, 0.29) is 16.8 Å². The highest BCUT2D eigenvalue weighted by Gasteiger charge is 2.30. The van der Waals surface area contributed by atoms with Crippen molar-refractivity contribution in [1.82, 2.24) is 5.43 Å². The lowest BCUT2D eigenvalue weighted by atomic mass is 10.1. The van der Waals surface area contributed by atoms with E-state index in [2.05, 4.69) is 5.10 Å². The molecule has 0 fully saturated rings. The van der Waals surface area contributed by atoms with E-state index in [1.165, 1.54) is 24.3 Å². The summed E-state index contributed by atoms with van der Waals surface area (Å²) >= 11 is 0. The molecule has 0 aliphatic rings. The van der Waals surface area contributed by atoms with Crippen LogP contribution in [0.15, 0.2) is 53.6 Å². The average Bonchev–Trinajstić information content (AvgIpc) is 2.61. The van der Waals surface area contributed by atoms with Crippen molar-refractivity contribution in [2.24, 2.45) is 5.10 Å². The Bertz CT molecular complexity index is 910. The van der Waals surface area contributed by atoms with Gasteiger partial charge >= 0.3 is 24.0 Å². The van der Waals surface area contributed by atoms with E-state index in [4.69, 9.17) is 5.11 Å². The van der Waals surface area contributed by atoms with Crippen molar-refractivity contribution in [2.75, 3.05) is 5.32 Å². The lowest BCUT2D eigenvalue weighted by Gasteiger charge is -2.09. The molecule has 0 spiro atoms. The molecule has 0 bridgehead atoms. The van der Waals surface area contributed by atoms with E-state index in [1.807, 2.05) is 10.7 Å². The number of carboxylic acids is 1. The van der Waals surface area contributed by atoms with Gasteiger partial charge < -0.3 is 10.4 Å². The van der Waals surface area contributed by atoms with Crippen molar-refractivity contribution in [2.45, 2.75) is 6.18 Å². The third kappa shape index (κ3) is 5.39. The predicted octanol–water partition coefficient (Wildman–Crippen LogP) is 2.49. The molecule has 0 unspecified atom stereocenters. The molecular weight excluding hydrogens is 367 g/mol. The number of halogens is 3. The number of hydrogen-bond acceptors (Lipinski definition) is 4. The summed E-state index contributed by atoms with van der Waals surface area (Å²) < 4.78 is 37.9. The molecule has 2 aromatic carbocycles. The van der Waals surface area contributed by atoms with Gasteiger partial charge in [0.2, 0.25) is 0 Å². The Balaban J connectivity index is 2.01. The van der Waals surface area contributed by atoms with Crippen molar-refractivity contribution in [1.29, 1.82) is 0 Å². The van der Waals surface area contributed by atoms with Gasteiger partial charge in [-0.15, -0.1) is 0 Å². The van der Waals surface area contributed by atoms with E-state index in [0.29, 0.717) is 6.07 Å². The first-order chi connectivity index (χ1) is 12.7. The molecular formula is C17H12F3N3O4. The Hall–Kier alpha value is -3.69. The monoisotopic (exact) mass is 379 g/mol. The van der Waals surface area contributed by atoms with Crippen LogP contribution in [0.4, 0.5) is 18.9 Å². The summed E-state index contributed by atoms with van der Waals surface area (Å²) in [6.45, 7) is 0. The standard InChI is InChI=1S/C17H12F3N3O4/c18-17(19,20)11-5-3-6-12(8-11)22-14(24)15(25)23-21-9-10-4-1-2-7-13(10)16(26)27/h1-9H,(H,22,24)(H,23,25)(H,26,27)/b21-9-. The Labute approximate surface area is 150 Å². The van der Waals surface area contributed by atoms with Crippen LogP contribution in [-0.2, 0) is 15.8 Å². The van der Waals surface area contributed by atoms with Crippen LogP contribution in [0.1, 0.15) is 21.5 Å². The van der Waals surface area contributed by atoms with E-state index in [1.54, 1.807) is 6.07 Å². The van der Waals surface area contributed by atoms with Gasteiger partial charge in [-0.05, 0) is 24.3 Å². The zero-order chi connectivity index (χ0) is 20.0. The summed E-state index contributed by atoms with van der Waals surface area (Å²) in [6.07, 6.45) is -3.57. The van der Waals surface area contributed by atoms with Crippen molar-refractivity contribution in [3.8, 4) is 0 Å². The highest BCUT2D eigenvalue weighted by Crippen LogP contribution is 2.30. The number of carbonyl (C=O) groups excluding carboxylic acids is 2. The largest absolute Gasteiger partial charge is 0.478 e. The average molecular weight is 379 g/mol. The van der Waals surface area contributed by atoms with E-state index >= 15 is 0 Å². The zero-order valence-electron chi connectivity index (χ0n) is 13.4. The molecule has 10 heteroatoms. The number of carbonyl (C=O) groups is 3. The molecule has 0 atom stereocenters. The molecule has 2 amide bonds. The SMILES string of the molecule is O=C(N/N=C\c1ccccc1C(=O)O)C(=O)Nc1cccc(C(F)(F)F)c1. The minimum absolute atomic E-state index is 0.0658. The number of benzene rings is 2. The highest BCUT2D eigenvalue weighted by atomic mass is 19.4. The molecule has 0 aliphatic heterocycles. The maximum Gasteiger partial charge on any atom is 0.416 e. The molecule has 3 N–H and O–H groups in total. The second kappa shape index (κ2) is 8.13. The number of anilines is 1. The minimum Gasteiger partial charge on any atom is -0.478 e. The summed E-state index contributed by atoms with van der Waals surface area (Å²) in [5.41, 5.74) is 0.784. The molecule has 0 aromatic heterocycles. The lowest BCUT2D eigenvalue weighted by molar-refractivity contribution is -0.137. The highest BCUT2D eigenvalue weighted by molar-refractivity contribution is 6.39. The van der Waals surface area contributed by atoms with Crippen LogP contribution in [-0.4, -0.2) is 29.1 Å². The third-order valence-electron chi connectivity index (χ3n) is 3.21. The maximum atomic E-state index is 12.6. The van der Waals surface area contributed by atoms with Crippen LogP contribution in [0, 0.1) is 0 Å². The second-order valence-electron chi connectivity index (χ2n) is 5.12. The fourth-order valence-electron chi connectivity index (χ4n) is 1.98. The van der Waals surface area contributed by atoms with Gasteiger partial charge in [-0.25, -0.2) is 10.2 Å². The normalized spacial score (nSPS) is 11.2. The number of nitrogens with zero attached hydrogens (tertiary/aromatic N) is 1. The maximum absolute atomic E-state index is 12.6. The van der Waals surface area contributed by atoms with Gasteiger partial charge in [0.25, 0.3) is 0 Å². The fourth-order valence-corrected chi connectivity index (χ4v) is 1.98. The number of nitrogens with one attached hydrogen (secondary N) is 2. The minimum atomic E-state index is -4.59. The van der Waals surface area contributed by atoms with Crippen molar-refractivity contribution >= 4 is 29.7 Å². The molecule has 0 saturated heterocycles. The molecule has 0 heterocycles. The van der Waals surface area contributed by atoms with Crippen molar-refractivity contribution in [3.63, 3.8) is 0 Å². The van der Waals surface area contributed by atoms with Crippen LogP contribution in [0.5, 0.6) is 0 Å². The van der Waals surface area contributed by atoms with Crippen molar-refractivity contribution in [3.05, 3.63) is 65.2 Å². The topological polar surface area (TPSA) is 108 Å². The van der Waals surface area contributed by atoms with Gasteiger partial charge in [0, 0.05) is 11.3 Å². The van der Waals surface area contributed by atoms with Crippen LogP contribution < -0.4 is 10.7 Å². The number of amides is 2. The first-order valence-electron chi connectivity index (χ1n) is 7.32. The number of hydrazone groups is 1. The molecule has 2 aromatic rings.